The van der Waals surface area contributed by atoms with Crippen molar-refractivity contribution in [3.05, 3.63) is 75.2 Å². The average molecular weight is 398 g/mol. The van der Waals surface area contributed by atoms with Crippen LogP contribution in [-0.2, 0) is 17.6 Å². The average Bonchev–Trinajstić information content (AvgIpc) is 2.66. The molecule has 1 atom stereocenters. The van der Waals surface area contributed by atoms with Crippen LogP contribution in [0.15, 0.2) is 53.3 Å². The van der Waals surface area contributed by atoms with E-state index < -0.39 is 5.54 Å². The van der Waals surface area contributed by atoms with Crippen LogP contribution in [0, 0.1) is 5.92 Å². The Morgan fingerprint density at radius 1 is 1.14 bits per heavy atom. The smallest absolute Gasteiger partial charge is 0.272 e. The summed E-state index contributed by atoms with van der Waals surface area (Å²) in [5, 5.41) is 11.7. The summed E-state index contributed by atoms with van der Waals surface area (Å²) in [6.07, 6.45) is 0.785. The number of H-pyrrole nitrogens is 1. The molecule has 3 rings (SSSR count). The summed E-state index contributed by atoms with van der Waals surface area (Å²) < 4.78 is 0. The van der Waals surface area contributed by atoms with Crippen molar-refractivity contribution in [1.82, 2.24) is 15.5 Å². The van der Waals surface area contributed by atoms with Crippen molar-refractivity contribution in [3.63, 3.8) is 0 Å². The van der Waals surface area contributed by atoms with Crippen LogP contribution in [0.1, 0.15) is 32.0 Å². The molecule has 6 heteroatoms. The Balaban J connectivity index is 1.81. The number of aromatic amines is 1. The van der Waals surface area contributed by atoms with E-state index >= 15 is 0 Å². The van der Waals surface area contributed by atoms with Gasteiger partial charge in [0.1, 0.15) is 0 Å². The molecular weight excluding hydrogens is 374 g/mol. The molecule has 0 aliphatic heterocycles. The first-order valence-corrected chi connectivity index (χ1v) is 9.68. The summed E-state index contributed by atoms with van der Waals surface area (Å²) in [6.45, 7) is 6.22. The third-order valence-corrected chi connectivity index (χ3v) is 5.54. The second-order valence-corrected chi connectivity index (χ2v) is 8.08. The number of benzene rings is 2. The molecule has 1 unspecified atom stereocenters. The number of carbonyl (C=O) groups excluding carboxylic acids is 1. The molecule has 0 aliphatic carbocycles. The van der Waals surface area contributed by atoms with Crippen molar-refractivity contribution in [1.29, 1.82) is 0 Å². The van der Waals surface area contributed by atoms with Gasteiger partial charge in [-0.3, -0.25) is 9.59 Å². The van der Waals surface area contributed by atoms with Crippen LogP contribution < -0.4 is 10.9 Å². The van der Waals surface area contributed by atoms with Gasteiger partial charge in [0.05, 0.1) is 17.5 Å². The first kappa shape index (κ1) is 20.1. The number of halogens is 1. The van der Waals surface area contributed by atoms with Gasteiger partial charge in [-0.15, -0.1) is 0 Å². The first-order valence-electron chi connectivity index (χ1n) is 9.30. The number of nitrogens with one attached hydrogen (secondary N) is 2. The molecule has 2 N–H and O–H groups in total. The van der Waals surface area contributed by atoms with Crippen LogP contribution in [0.3, 0.4) is 0 Å². The SMILES string of the molecule is CC(C)C(C)(Cc1ccc(Cl)cc1)NC(=O)Cc1n[nH]c(=O)c2ccccc12. The van der Waals surface area contributed by atoms with E-state index in [1.54, 1.807) is 12.1 Å². The Morgan fingerprint density at radius 2 is 1.79 bits per heavy atom. The zero-order chi connectivity index (χ0) is 20.3. The fourth-order valence-electron chi connectivity index (χ4n) is 3.24. The zero-order valence-electron chi connectivity index (χ0n) is 16.3. The van der Waals surface area contributed by atoms with Gasteiger partial charge in [-0.1, -0.05) is 55.8 Å². The Morgan fingerprint density at radius 3 is 2.43 bits per heavy atom. The lowest BCUT2D eigenvalue weighted by molar-refractivity contribution is -0.122. The summed E-state index contributed by atoms with van der Waals surface area (Å²) in [5.41, 5.74) is 0.983. The molecule has 0 aliphatic rings. The standard InChI is InChI=1S/C22H24ClN3O2/c1-14(2)22(3,13-15-8-10-16(23)11-9-15)24-20(27)12-19-17-6-4-5-7-18(17)21(28)26-25-19/h4-11,14H,12-13H2,1-3H3,(H,24,27)(H,26,28). The van der Waals surface area contributed by atoms with Gasteiger partial charge in [-0.25, -0.2) is 5.10 Å². The van der Waals surface area contributed by atoms with Crippen molar-refractivity contribution in [2.45, 2.75) is 39.2 Å². The van der Waals surface area contributed by atoms with Gasteiger partial charge < -0.3 is 5.32 Å². The highest BCUT2D eigenvalue weighted by atomic mass is 35.5. The van der Waals surface area contributed by atoms with Gasteiger partial charge >= 0.3 is 0 Å². The molecule has 0 saturated carbocycles. The predicted octanol–water partition coefficient (Wildman–Crippen LogP) is 3.89. The third kappa shape index (κ3) is 4.42. The number of hydrogen-bond acceptors (Lipinski definition) is 3. The van der Waals surface area contributed by atoms with Gasteiger partial charge in [-0.2, -0.15) is 5.10 Å². The highest BCUT2D eigenvalue weighted by Gasteiger charge is 2.30. The molecule has 146 valence electrons. The van der Waals surface area contributed by atoms with E-state index in [2.05, 4.69) is 29.4 Å². The van der Waals surface area contributed by atoms with Crippen LogP contribution in [0.25, 0.3) is 10.8 Å². The van der Waals surface area contributed by atoms with Crippen LogP contribution >= 0.6 is 11.6 Å². The molecular formula is C22H24ClN3O2. The van der Waals surface area contributed by atoms with E-state index in [4.69, 9.17) is 11.6 Å². The van der Waals surface area contributed by atoms with E-state index in [-0.39, 0.29) is 23.8 Å². The Kier molecular flexibility index (Phi) is 5.84. The van der Waals surface area contributed by atoms with Gasteiger partial charge in [0.2, 0.25) is 5.91 Å². The lowest BCUT2D eigenvalue weighted by atomic mass is 9.82. The van der Waals surface area contributed by atoms with Gasteiger partial charge in [0.15, 0.2) is 0 Å². The summed E-state index contributed by atoms with van der Waals surface area (Å²) in [5.74, 6) is 0.0854. The maximum absolute atomic E-state index is 12.8. The molecule has 28 heavy (non-hydrogen) atoms. The van der Waals surface area contributed by atoms with Crippen molar-refractivity contribution < 1.29 is 4.79 Å². The van der Waals surface area contributed by atoms with Crippen LogP contribution in [-0.4, -0.2) is 21.6 Å². The quantitative estimate of drug-likeness (QED) is 0.662. The second-order valence-electron chi connectivity index (χ2n) is 7.65. The van der Waals surface area contributed by atoms with E-state index in [0.717, 1.165) is 5.56 Å². The first-order chi connectivity index (χ1) is 13.3. The minimum absolute atomic E-state index is 0.0974. The molecule has 1 amide bonds. The van der Waals surface area contributed by atoms with E-state index in [1.807, 2.05) is 43.3 Å². The van der Waals surface area contributed by atoms with Crippen molar-refractivity contribution >= 4 is 28.3 Å². The molecule has 2 aromatic carbocycles. The summed E-state index contributed by atoms with van der Waals surface area (Å²) in [7, 11) is 0. The van der Waals surface area contributed by atoms with E-state index in [1.165, 1.54) is 0 Å². The minimum Gasteiger partial charge on any atom is -0.350 e. The number of rotatable bonds is 6. The molecule has 0 bridgehead atoms. The van der Waals surface area contributed by atoms with Crippen LogP contribution in [0.4, 0.5) is 0 Å². The second kappa shape index (κ2) is 8.15. The lowest BCUT2D eigenvalue weighted by Gasteiger charge is -2.35. The molecule has 0 saturated heterocycles. The third-order valence-electron chi connectivity index (χ3n) is 5.29. The molecule has 0 fully saturated rings. The maximum Gasteiger partial charge on any atom is 0.272 e. The monoisotopic (exact) mass is 397 g/mol. The van der Waals surface area contributed by atoms with Crippen LogP contribution in [0.2, 0.25) is 5.02 Å². The molecule has 5 nitrogen and oxygen atoms in total. The normalized spacial score (nSPS) is 13.5. The van der Waals surface area contributed by atoms with Crippen LogP contribution in [0.5, 0.6) is 0 Å². The minimum atomic E-state index is -0.428. The molecule has 1 aromatic heterocycles. The summed E-state index contributed by atoms with van der Waals surface area (Å²) in [4.78, 5) is 24.8. The predicted molar refractivity (Wildman–Crippen MR) is 113 cm³/mol. The summed E-state index contributed by atoms with van der Waals surface area (Å²) in [6, 6.07) is 14.8. The fraction of sp³-hybridized carbons (Fsp3) is 0.318. The maximum atomic E-state index is 12.8. The number of aromatic nitrogens is 2. The van der Waals surface area contributed by atoms with E-state index in [9.17, 15) is 9.59 Å². The molecule has 1 heterocycles. The van der Waals surface area contributed by atoms with Gasteiger partial charge in [0.25, 0.3) is 5.56 Å². The van der Waals surface area contributed by atoms with Crippen molar-refractivity contribution in [3.8, 4) is 0 Å². The topological polar surface area (TPSA) is 74.8 Å². The van der Waals surface area contributed by atoms with Crippen molar-refractivity contribution in [2.75, 3.05) is 0 Å². The Hall–Kier alpha value is -2.66. The largest absolute Gasteiger partial charge is 0.350 e. The Labute approximate surface area is 169 Å². The number of hydrogen-bond donors (Lipinski definition) is 2. The number of nitrogens with zero attached hydrogens (tertiary/aromatic N) is 1. The molecule has 3 aromatic rings. The number of amides is 1. The van der Waals surface area contributed by atoms with Gasteiger partial charge in [0, 0.05) is 15.9 Å². The summed E-state index contributed by atoms with van der Waals surface area (Å²) >= 11 is 5.98. The lowest BCUT2D eigenvalue weighted by Crippen LogP contribution is -2.52. The highest BCUT2D eigenvalue weighted by Crippen LogP contribution is 2.24. The number of carbonyl (C=O) groups is 1. The highest BCUT2D eigenvalue weighted by molar-refractivity contribution is 6.30. The van der Waals surface area contributed by atoms with Crippen molar-refractivity contribution in [2.24, 2.45) is 5.92 Å². The number of fused-ring (bicyclic) bond motifs is 1. The van der Waals surface area contributed by atoms with E-state index in [0.29, 0.717) is 27.9 Å². The molecule has 0 spiro atoms. The molecule has 0 radical (unpaired) electrons. The Bertz CT molecular complexity index is 1040. The zero-order valence-corrected chi connectivity index (χ0v) is 17.0. The van der Waals surface area contributed by atoms with Gasteiger partial charge in [-0.05, 0) is 43.0 Å². The fourth-order valence-corrected chi connectivity index (χ4v) is 3.37.